The Morgan fingerprint density at radius 2 is 2.20 bits per heavy atom. The van der Waals surface area contributed by atoms with Crippen LogP contribution in [-0.4, -0.2) is 53.8 Å². The number of benzene rings is 1. The topological polar surface area (TPSA) is 61.5 Å². The largest absolute Gasteiger partial charge is 0.485 e. The number of aromatic nitrogens is 2. The Morgan fingerprint density at radius 1 is 1.40 bits per heavy atom. The minimum Gasteiger partial charge on any atom is -0.485 e. The Morgan fingerprint density at radius 3 is 2.96 bits per heavy atom. The fourth-order valence-corrected chi connectivity index (χ4v) is 3.41. The third kappa shape index (κ3) is 3.21. The number of fused-ring (bicyclic) bond motifs is 1. The lowest BCUT2D eigenvalue weighted by Crippen LogP contribution is -2.46. The minimum atomic E-state index is -0.0614. The minimum absolute atomic E-state index is 0.0503. The number of nitrogens with zero attached hydrogens (tertiary/aromatic N) is 3. The number of anilines is 1. The summed E-state index contributed by atoms with van der Waals surface area (Å²) in [6.45, 7) is 4.37. The molecule has 1 aliphatic carbocycles. The van der Waals surface area contributed by atoms with Crippen molar-refractivity contribution in [3.63, 3.8) is 0 Å². The fourth-order valence-electron chi connectivity index (χ4n) is 3.41. The van der Waals surface area contributed by atoms with E-state index in [1.54, 1.807) is 4.90 Å². The zero-order valence-corrected chi connectivity index (χ0v) is 14.7. The maximum Gasteiger partial charge on any atom is 0.274 e. The van der Waals surface area contributed by atoms with Crippen LogP contribution in [0.5, 0.6) is 5.75 Å². The number of rotatable bonds is 5. The van der Waals surface area contributed by atoms with E-state index < -0.39 is 0 Å². The van der Waals surface area contributed by atoms with Gasteiger partial charge in [0.05, 0.1) is 18.8 Å². The van der Waals surface area contributed by atoms with Crippen molar-refractivity contribution >= 4 is 11.6 Å². The van der Waals surface area contributed by atoms with Crippen LogP contribution in [0.2, 0.25) is 0 Å². The van der Waals surface area contributed by atoms with E-state index in [1.807, 2.05) is 31.3 Å². The first-order valence-electron chi connectivity index (χ1n) is 8.97. The van der Waals surface area contributed by atoms with Gasteiger partial charge in [-0.2, -0.15) is 5.10 Å². The number of ether oxygens (including phenoxy) is 1. The SMILES string of the molecule is CCN1C[C@H](CN(C)C(=O)c2cc(C3CC3)[nH]n2)Oc2ccccc21. The Bertz CT molecular complexity index is 768. The molecule has 0 radical (unpaired) electrons. The molecule has 1 amide bonds. The zero-order valence-electron chi connectivity index (χ0n) is 14.7. The van der Waals surface area contributed by atoms with Crippen molar-refractivity contribution in [2.75, 3.05) is 31.6 Å². The van der Waals surface area contributed by atoms with Gasteiger partial charge in [0.25, 0.3) is 5.91 Å². The molecule has 2 aromatic rings. The van der Waals surface area contributed by atoms with Gasteiger partial charge in [-0.05, 0) is 38.0 Å². The summed E-state index contributed by atoms with van der Waals surface area (Å²) >= 11 is 0. The van der Waals surface area contributed by atoms with Crippen LogP contribution in [-0.2, 0) is 0 Å². The van der Waals surface area contributed by atoms with E-state index in [4.69, 9.17) is 4.74 Å². The summed E-state index contributed by atoms with van der Waals surface area (Å²) in [6, 6.07) is 9.96. The van der Waals surface area contributed by atoms with Crippen LogP contribution < -0.4 is 9.64 Å². The molecule has 6 heteroatoms. The molecule has 1 aromatic heterocycles. The van der Waals surface area contributed by atoms with Gasteiger partial charge < -0.3 is 14.5 Å². The fraction of sp³-hybridized carbons (Fsp3) is 0.474. The van der Waals surface area contributed by atoms with Crippen LogP contribution in [0.15, 0.2) is 30.3 Å². The molecule has 1 atom stereocenters. The van der Waals surface area contributed by atoms with Crippen molar-refractivity contribution in [1.29, 1.82) is 0 Å². The van der Waals surface area contributed by atoms with E-state index in [2.05, 4.69) is 28.1 Å². The molecular formula is C19H24N4O2. The Labute approximate surface area is 147 Å². The van der Waals surface area contributed by atoms with Crippen molar-refractivity contribution in [2.24, 2.45) is 0 Å². The average Bonchev–Trinajstić information content (AvgIpc) is 3.37. The van der Waals surface area contributed by atoms with Gasteiger partial charge in [-0.3, -0.25) is 9.89 Å². The highest BCUT2D eigenvalue weighted by molar-refractivity contribution is 5.92. The number of hydrogen-bond acceptors (Lipinski definition) is 4. The highest BCUT2D eigenvalue weighted by Gasteiger charge is 2.29. The lowest BCUT2D eigenvalue weighted by Gasteiger charge is -2.37. The second kappa shape index (κ2) is 6.43. The third-order valence-electron chi connectivity index (χ3n) is 4.96. The van der Waals surface area contributed by atoms with Crippen LogP contribution >= 0.6 is 0 Å². The third-order valence-corrected chi connectivity index (χ3v) is 4.96. The van der Waals surface area contributed by atoms with Gasteiger partial charge in [-0.25, -0.2) is 0 Å². The summed E-state index contributed by atoms with van der Waals surface area (Å²) in [5.74, 6) is 1.39. The molecule has 25 heavy (non-hydrogen) atoms. The molecule has 1 fully saturated rings. The molecule has 0 spiro atoms. The van der Waals surface area contributed by atoms with E-state index in [-0.39, 0.29) is 12.0 Å². The van der Waals surface area contributed by atoms with Crippen LogP contribution in [0.1, 0.15) is 41.9 Å². The van der Waals surface area contributed by atoms with Crippen molar-refractivity contribution in [3.8, 4) is 5.75 Å². The van der Waals surface area contributed by atoms with Gasteiger partial charge in [-0.1, -0.05) is 12.1 Å². The van der Waals surface area contributed by atoms with Crippen LogP contribution in [0.25, 0.3) is 0 Å². The maximum atomic E-state index is 12.6. The summed E-state index contributed by atoms with van der Waals surface area (Å²) < 4.78 is 6.11. The highest BCUT2D eigenvalue weighted by Crippen LogP contribution is 2.39. The molecule has 6 nitrogen and oxygen atoms in total. The Hall–Kier alpha value is -2.50. The predicted molar refractivity (Wildman–Crippen MR) is 96.3 cm³/mol. The molecule has 2 aliphatic rings. The highest BCUT2D eigenvalue weighted by atomic mass is 16.5. The number of nitrogens with one attached hydrogen (secondary N) is 1. The second-order valence-corrected chi connectivity index (χ2v) is 6.91. The smallest absolute Gasteiger partial charge is 0.274 e. The van der Waals surface area contributed by atoms with Crippen LogP contribution in [0, 0.1) is 0 Å². The van der Waals surface area contributed by atoms with E-state index in [0.29, 0.717) is 18.2 Å². The van der Waals surface area contributed by atoms with Crippen molar-refractivity contribution in [2.45, 2.75) is 31.8 Å². The zero-order chi connectivity index (χ0) is 17.4. The lowest BCUT2D eigenvalue weighted by atomic mass is 10.1. The molecule has 1 aliphatic heterocycles. The van der Waals surface area contributed by atoms with Gasteiger partial charge in [0.1, 0.15) is 17.5 Å². The molecule has 1 saturated carbocycles. The number of hydrogen-bond donors (Lipinski definition) is 1. The molecule has 0 unspecified atom stereocenters. The van der Waals surface area contributed by atoms with Crippen molar-refractivity contribution in [3.05, 3.63) is 41.7 Å². The normalized spacial score (nSPS) is 19.3. The molecular weight excluding hydrogens is 316 g/mol. The van der Waals surface area contributed by atoms with E-state index in [1.165, 1.54) is 12.8 Å². The summed E-state index contributed by atoms with van der Waals surface area (Å²) in [5, 5.41) is 7.19. The number of amides is 1. The Kier molecular flexibility index (Phi) is 4.11. The number of likely N-dealkylation sites (N-methyl/N-ethyl adjacent to an activating group) is 2. The standard InChI is InChI=1S/C19H24N4O2/c1-3-23-12-14(25-18-7-5-4-6-17(18)23)11-22(2)19(24)16-10-15(20-21-16)13-8-9-13/h4-7,10,13-14H,3,8-9,11-12H2,1-2H3,(H,20,21)/t14-/m0/s1. The van der Waals surface area contributed by atoms with E-state index in [9.17, 15) is 4.79 Å². The number of para-hydroxylation sites is 2. The van der Waals surface area contributed by atoms with Gasteiger partial charge >= 0.3 is 0 Å². The quantitative estimate of drug-likeness (QED) is 0.909. The molecule has 132 valence electrons. The molecule has 1 aromatic carbocycles. The summed E-state index contributed by atoms with van der Waals surface area (Å²) in [5.41, 5.74) is 2.70. The Balaban J connectivity index is 1.43. The first kappa shape index (κ1) is 16.0. The van der Waals surface area contributed by atoms with E-state index >= 15 is 0 Å². The first-order chi connectivity index (χ1) is 12.2. The predicted octanol–water partition coefficient (Wildman–Crippen LogP) is 2.65. The van der Waals surface area contributed by atoms with E-state index in [0.717, 1.165) is 30.2 Å². The molecule has 0 bridgehead atoms. The van der Waals surface area contributed by atoms with Crippen LogP contribution in [0.4, 0.5) is 5.69 Å². The number of carbonyl (C=O) groups is 1. The van der Waals surface area contributed by atoms with Crippen LogP contribution in [0.3, 0.4) is 0 Å². The number of H-pyrrole nitrogens is 1. The van der Waals surface area contributed by atoms with Gasteiger partial charge in [0.15, 0.2) is 0 Å². The lowest BCUT2D eigenvalue weighted by molar-refractivity contribution is 0.0704. The summed E-state index contributed by atoms with van der Waals surface area (Å²) in [7, 11) is 1.81. The van der Waals surface area contributed by atoms with Gasteiger partial charge in [-0.15, -0.1) is 0 Å². The molecule has 2 heterocycles. The number of aromatic amines is 1. The second-order valence-electron chi connectivity index (χ2n) is 6.91. The maximum absolute atomic E-state index is 12.6. The number of carbonyl (C=O) groups excluding carboxylic acids is 1. The molecule has 0 saturated heterocycles. The van der Waals surface area contributed by atoms with Crippen molar-refractivity contribution in [1.82, 2.24) is 15.1 Å². The average molecular weight is 340 g/mol. The van der Waals surface area contributed by atoms with Gasteiger partial charge in [0.2, 0.25) is 0 Å². The molecule has 1 N–H and O–H groups in total. The monoisotopic (exact) mass is 340 g/mol. The summed E-state index contributed by atoms with van der Waals surface area (Å²) in [4.78, 5) is 16.6. The summed E-state index contributed by atoms with van der Waals surface area (Å²) in [6.07, 6.45) is 2.33. The van der Waals surface area contributed by atoms with Crippen molar-refractivity contribution < 1.29 is 9.53 Å². The first-order valence-corrected chi connectivity index (χ1v) is 8.97. The van der Waals surface area contributed by atoms with Gasteiger partial charge in [0, 0.05) is 25.2 Å². The molecule has 4 rings (SSSR count).